The molecule has 7 heteroatoms. The van der Waals surface area contributed by atoms with E-state index in [2.05, 4.69) is 4.98 Å². The lowest BCUT2D eigenvalue weighted by atomic mass is 10.1. The van der Waals surface area contributed by atoms with Crippen LogP contribution in [0.25, 0.3) is 11.3 Å². The van der Waals surface area contributed by atoms with Crippen molar-refractivity contribution in [2.45, 2.75) is 13.3 Å². The topological polar surface area (TPSA) is 82.3 Å². The van der Waals surface area contributed by atoms with Gasteiger partial charge in [-0.2, -0.15) is 0 Å². The van der Waals surface area contributed by atoms with Crippen molar-refractivity contribution in [1.29, 1.82) is 0 Å². The summed E-state index contributed by atoms with van der Waals surface area (Å²) in [6, 6.07) is 6.14. The highest BCUT2D eigenvalue weighted by Gasteiger charge is 2.11. The molecule has 0 amide bonds. The Kier molecular flexibility index (Phi) is 4.41. The molecule has 0 saturated heterocycles. The maximum Gasteiger partial charge on any atom is 0.312 e. The first kappa shape index (κ1) is 14.1. The van der Waals surface area contributed by atoms with Crippen molar-refractivity contribution in [1.82, 2.24) is 4.98 Å². The van der Waals surface area contributed by atoms with E-state index in [1.54, 1.807) is 19.1 Å². The van der Waals surface area contributed by atoms with Gasteiger partial charge in [-0.3, -0.25) is 14.9 Å². The van der Waals surface area contributed by atoms with Gasteiger partial charge in [0.05, 0.1) is 23.6 Å². The molecule has 2 aromatic rings. The van der Waals surface area contributed by atoms with Crippen molar-refractivity contribution in [3.63, 3.8) is 0 Å². The van der Waals surface area contributed by atoms with E-state index in [-0.39, 0.29) is 18.1 Å². The van der Waals surface area contributed by atoms with Gasteiger partial charge in [0.25, 0.3) is 5.69 Å². The summed E-state index contributed by atoms with van der Waals surface area (Å²) >= 11 is 1.36. The van der Waals surface area contributed by atoms with Crippen LogP contribution in [0.2, 0.25) is 0 Å². The van der Waals surface area contributed by atoms with E-state index >= 15 is 0 Å². The molecule has 1 heterocycles. The number of esters is 1. The number of nitrogens with zero attached hydrogens (tertiary/aromatic N) is 2. The maximum atomic E-state index is 11.3. The first-order valence-corrected chi connectivity index (χ1v) is 6.83. The zero-order valence-corrected chi connectivity index (χ0v) is 11.6. The number of ether oxygens (including phenoxy) is 1. The second kappa shape index (κ2) is 6.25. The van der Waals surface area contributed by atoms with Crippen molar-refractivity contribution in [3.05, 3.63) is 44.8 Å². The molecule has 0 spiro atoms. The molecule has 0 unspecified atom stereocenters. The van der Waals surface area contributed by atoms with Gasteiger partial charge in [0.15, 0.2) is 0 Å². The molecule has 2 rings (SSSR count). The fourth-order valence-corrected chi connectivity index (χ4v) is 2.40. The molecule has 0 fully saturated rings. The summed E-state index contributed by atoms with van der Waals surface area (Å²) in [7, 11) is 0. The zero-order valence-electron chi connectivity index (χ0n) is 10.7. The lowest BCUT2D eigenvalue weighted by molar-refractivity contribution is -0.384. The summed E-state index contributed by atoms with van der Waals surface area (Å²) in [6.45, 7) is 2.10. The Morgan fingerprint density at radius 1 is 1.40 bits per heavy atom. The second-order valence-corrected chi connectivity index (χ2v) is 4.85. The van der Waals surface area contributed by atoms with Gasteiger partial charge < -0.3 is 4.74 Å². The van der Waals surface area contributed by atoms with E-state index in [0.717, 1.165) is 5.56 Å². The van der Waals surface area contributed by atoms with Gasteiger partial charge >= 0.3 is 5.97 Å². The number of nitro groups is 1. The first-order valence-electron chi connectivity index (χ1n) is 5.95. The standard InChI is InChI=1S/C13H12N2O4S/c1-2-19-13(16)7-12-14-11(8-20-12)9-3-5-10(6-4-9)15(17)18/h3-6,8H,2,7H2,1H3. The minimum Gasteiger partial charge on any atom is -0.466 e. The Bertz CT molecular complexity index is 622. The lowest BCUT2D eigenvalue weighted by Gasteiger charge is -1.98. The number of nitro benzene ring substituents is 1. The van der Waals surface area contributed by atoms with Crippen LogP contribution in [-0.2, 0) is 16.0 Å². The average Bonchev–Trinajstić information content (AvgIpc) is 2.87. The zero-order chi connectivity index (χ0) is 14.5. The Balaban J connectivity index is 2.12. The number of aromatic nitrogens is 1. The summed E-state index contributed by atoms with van der Waals surface area (Å²) in [5.74, 6) is -0.308. The van der Waals surface area contributed by atoms with Crippen LogP contribution >= 0.6 is 11.3 Å². The van der Waals surface area contributed by atoms with Gasteiger partial charge in [-0.15, -0.1) is 11.3 Å². The number of carbonyl (C=O) groups excluding carboxylic acids is 1. The van der Waals surface area contributed by atoms with E-state index in [1.807, 2.05) is 5.38 Å². The Hall–Kier alpha value is -2.28. The van der Waals surface area contributed by atoms with Crippen LogP contribution in [0.15, 0.2) is 29.6 Å². The first-order chi connectivity index (χ1) is 9.60. The fraction of sp³-hybridized carbons (Fsp3) is 0.231. The Morgan fingerprint density at radius 3 is 2.70 bits per heavy atom. The number of thiazole rings is 1. The van der Waals surface area contributed by atoms with Gasteiger partial charge in [-0.05, 0) is 19.1 Å². The van der Waals surface area contributed by atoms with Crippen LogP contribution in [0.3, 0.4) is 0 Å². The monoisotopic (exact) mass is 292 g/mol. The number of hydrogen-bond donors (Lipinski definition) is 0. The maximum absolute atomic E-state index is 11.3. The molecule has 104 valence electrons. The molecular weight excluding hydrogens is 280 g/mol. The second-order valence-electron chi connectivity index (χ2n) is 3.91. The van der Waals surface area contributed by atoms with Crippen molar-refractivity contribution in [3.8, 4) is 11.3 Å². The molecule has 0 N–H and O–H groups in total. The summed E-state index contributed by atoms with van der Waals surface area (Å²) < 4.78 is 4.86. The minimum atomic E-state index is -0.447. The van der Waals surface area contributed by atoms with Crippen molar-refractivity contribution in [2.24, 2.45) is 0 Å². The SMILES string of the molecule is CCOC(=O)Cc1nc(-c2ccc([N+](=O)[O-])cc2)cs1. The molecule has 6 nitrogen and oxygen atoms in total. The summed E-state index contributed by atoms with van der Waals surface area (Å²) in [6.07, 6.45) is 0.144. The molecule has 0 radical (unpaired) electrons. The molecule has 0 aliphatic carbocycles. The largest absolute Gasteiger partial charge is 0.466 e. The number of hydrogen-bond acceptors (Lipinski definition) is 6. The summed E-state index contributed by atoms with van der Waals surface area (Å²) in [5.41, 5.74) is 1.52. The number of rotatable bonds is 5. The highest BCUT2D eigenvalue weighted by atomic mass is 32.1. The van der Waals surface area contributed by atoms with Crippen LogP contribution in [0.5, 0.6) is 0 Å². The number of non-ortho nitro benzene ring substituents is 1. The lowest BCUT2D eigenvalue weighted by Crippen LogP contribution is -2.07. The van der Waals surface area contributed by atoms with Crippen molar-refractivity contribution < 1.29 is 14.5 Å². The predicted molar refractivity (Wildman–Crippen MR) is 74.5 cm³/mol. The average molecular weight is 292 g/mol. The van der Waals surface area contributed by atoms with Crippen LogP contribution in [0.1, 0.15) is 11.9 Å². The van der Waals surface area contributed by atoms with Crippen LogP contribution in [-0.4, -0.2) is 22.5 Å². The van der Waals surface area contributed by atoms with E-state index < -0.39 is 4.92 Å². The van der Waals surface area contributed by atoms with Crippen LogP contribution < -0.4 is 0 Å². The van der Waals surface area contributed by atoms with Gasteiger partial charge in [-0.1, -0.05) is 0 Å². The molecule has 20 heavy (non-hydrogen) atoms. The van der Waals surface area contributed by atoms with Gasteiger partial charge in [0.1, 0.15) is 5.01 Å². The van der Waals surface area contributed by atoms with E-state index in [0.29, 0.717) is 17.3 Å². The van der Waals surface area contributed by atoms with Crippen LogP contribution in [0, 0.1) is 10.1 Å². The van der Waals surface area contributed by atoms with Crippen LogP contribution in [0.4, 0.5) is 5.69 Å². The minimum absolute atomic E-state index is 0.0377. The van der Waals surface area contributed by atoms with E-state index in [1.165, 1.54) is 23.5 Å². The van der Waals surface area contributed by atoms with E-state index in [9.17, 15) is 14.9 Å². The molecule has 0 aliphatic rings. The van der Waals surface area contributed by atoms with Gasteiger partial charge in [0.2, 0.25) is 0 Å². The Labute approximate surface area is 119 Å². The van der Waals surface area contributed by atoms with Gasteiger partial charge in [-0.25, -0.2) is 4.98 Å². The molecular formula is C13H12N2O4S. The molecule has 1 aromatic carbocycles. The predicted octanol–water partition coefficient (Wildman–Crippen LogP) is 2.82. The third-order valence-electron chi connectivity index (χ3n) is 2.53. The number of carbonyl (C=O) groups is 1. The van der Waals surface area contributed by atoms with Crippen molar-refractivity contribution >= 4 is 23.0 Å². The summed E-state index contributed by atoms with van der Waals surface area (Å²) in [5, 5.41) is 13.1. The quantitative estimate of drug-likeness (QED) is 0.481. The normalized spacial score (nSPS) is 10.2. The smallest absolute Gasteiger partial charge is 0.312 e. The summed E-state index contributed by atoms with van der Waals surface area (Å²) in [4.78, 5) is 25.8. The molecule has 0 atom stereocenters. The fourth-order valence-electron chi connectivity index (χ4n) is 1.61. The third kappa shape index (κ3) is 3.39. The highest BCUT2D eigenvalue weighted by Crippen LogP contribution is 2.24. The van der Waals surface area contributed by atoms with Gasteiger partial charge in [0, 0.05) is 23.1 Å². The number of benzene rings is 1. The highest BCUT2D eigenvalue weighted by molar-refractivity contribution is 7.10. The molecule has 0 saturated carbocycles. The molecule has 1 aromatic heterocycles. The third-order valence-corrected chi connectivity index (χ3v) is 3.38. The Morgan fingerprint density at radius 2 is 2.10 bits per heavy atom. The van der Waals surface area contributed by atoms with Crippen molar-refractivity contribution in [2.75, 3.05) is 6.61 Å². The molecule has 0 aliphatic heterocycles. The molecule has 0 bridgehead atoms. The van der Waals surface area contributed by atoms with E-state index in [4.69, 9.17) is 4.74 Å².